The Morgan fingerprint density at radius 1 is 1.17 bits per heavy atom. The summed E-state index contributed by atoms with van der Waals surface area (Å²) in [5.41, 5.74) is 4.46. The fourth-order valence-electron chi connectivity index (χ4n) is 3.12. The molecule has 0 atom stereocenters. The first-order valence-electron chi connectivity index (χ1n) is 7.78. The lowest BCUT2D eigenvalue weighted by molar-refractivity contribution is 0.0784. The van der Waals surface area contributed by atoms with E-state index in [1.165, 1.54) is 17.5 Å². The molecule has 1 amide bonds. The van der Waals surface area contributed by atoms with Crippen LogP contribution in [0.15, 0.2) is 40.9 Å². The maximum atomic E-state index is 12.7. The molecule has 3 nitrogen and oxygen atoms in total. The largest absolute Gasteiger partial charge is 0.496 e. The lowest BCUT2D eigenvalue weighted by atomic mass is 10.1. The molecule has 0 radical (unpaired) electrons. The van der Waals surface area contributed by atoms with Gasteiger partial charge in [0, 0.05) is 29.2 Å². The van der Waals surface area contributed by atoms with Crippen LogP contribution in [0.25, 0.3) is 0 Å². The summed E-state index contributed by atoms with van der Waals surface area (Å²) in [5, 5.41) is 0. The minimum Gasteiger partial charge on any atom is -0.496 e. The topological polar surface area (TPSA) is 29.5 Å². The average Bonchev–Trinajstić information content (AvgIpc) is 3.01. The lowest BCUT2D eigenvalue weighted by Gasteiger charge is -2.19. The van der Waals surface area contributed by atoms with Gasteiger partial charge in [-0.05, 0) is 60.7 Å². The molecule has 4 heteroatoms. The van der Waals surface area contributed by atoms with E-state index in [4.69, 9.17) is 4.74 Å². The molecule has 1 aliphatic carbocycles. The molecule has 0 saturated carbocycles. The standard InChI is InChI=1S/C19H20BrNO2/c1-21(12-16-11-17(20)8-9-18(16)23-2)19(22)15-7-6-13-4-3-5-14(13)10-15/h6-11H,3-5,12H2,1-2H3. The summed E-state index contributed by atoms with van der Waals surface area (Å²) in [4.78, 5) is 14.4. The number of halogens is 1. The number of nitrogens with zero attached hydrogens (tertiary/aromatic N) is 1. The van der Waals surface area contributed by atoms with Crippen LogP contribution in [-0.2, 0) is 19.4 Å². The summed E-state index contributed by atoms with van der Waals surface area (Å²) >= 11 is 3.47. The van der Waals surface area contributed by atoms with Gasteiger partial charge in [0.05, 0.1) is 7.11 Å². The van der Waals surface area contributed by atoms with E-state index in [9.17, 15) is 4.79 Å². The molecular weight excluding hydrogens is 354 g/mol. The minimum absolute atomic E-state index is 0.0433. The minimum atomic E-state index is 0.0433. The number of rotatable bonds is 4. The molecule has 0 saturated heterocycles. The van der Waals surface area contributed by atoms with Crippen molar-refractivity contribution in [2.75, 3.05) is 14.2 Å². The second kappa shape index (κ2) is 6.75. The zero-order chi connectivity index (χ0) is 16.4. The van der Waals surface area contributed by atoms with Crippen LogP contribution in [0.2, 0.25) is 0 Å². The molecular formula is C19H20BrNO2. The molecule has 0 unspecified atom stereocenters. The van der Waals surface area contributed by atoms with Gasteiger partial charge in [-0.25, -0.2) is 0 Å². The van der Waals surface area contributed by atoms with Crippen LogP contribution >= 0.6 is 15.9 Å². The lowest BCUT2D eigenvalue weighted by Crippen LogP contribution is -2.26. The maximum absolute atomic E-state index is 12.7. The van der Waals surface area contributed by atoms with Crippen LogP contribution < -0.4 is 4.74 Å². The van der Waals surface area contributed by atoms with E-state index in [1.807, 2.05) is 31.3 Å². The predicted octanol–water partition coefficient (Wildman–Crippen LogP) is 4.22. The highest BCUT2D eigenvalue weighted by molar-refractivity contribution is 9.10. The zero-order valence-corrected chi connectivity index (χ0v) is 15.0. The summed E-state index contributed by atoms with van der Waals surface area (Å²) in [6.07, 6.45) is 3.41. The van der Waals surface area contributed by atoms with E-state index in [0.29, 0.717) is 6.54 Å². The van der Waals surface area contributed by atoms with Crippen LogP contribution in [0.1, 0.15) is 33.5 Å². The van der Waals surface area contributed by atoms with Crippen molar-refractivity contribution in [2.45, 2.75) is 25.8 Å². The van der Waals surface area contributed by atoms with Crippen LogP contribution in [-0.4, -0.2) is 25.0 Å². The second-order valence-electron chi connectivity index (χ2n) is 5.95. The Morgan fingerprint density at radius 2 is 1.96 bits per heavy atom. The Hall–Kier alpha value is -1.81. The molecule has 2 aromatic carbocycles. The van der Waals surface area contributed by atoms with Crippen LogP contribution in [0.4, 0.5) is 0 Å². The molecule has 3 rings (SSSR count). The van der Waals surface area contributed by atoms with Gasteiger partial charge in [0.2, 0.25) is 0 Å². The van der Waals surface area contributed by atoms with Crippen molar-refractivity contribution >= 4 is 21.8 Å². The average molecular weight is 374 g/mol. The monoisotopic (exact) mass is 373 g/mol. The maximum Gasteiger partial charge on any atom is 0.253 e. The van der Waals surface area contributed by atoms with Crippen LogP contribution in [0.3, 0.4) is 0 Å². The van der Waals surface area contributed by atoms with Gasteiger partial charge in [-0.3, -0.25) is 4.79 Å². The van der Waals surface area contributed by atoms with E-state index in [2.05, 4.69) is 28.1 Å². The highest BCUT2D eigenvalue weighted by atomic mass is 79.9. The fraction of sp³-hybridized carbons (Fsp3) is 0.316. The number of carbonyl (C=O) groups is 1. The third-order valence-electron chi connectivity index (χ3n) is 4.34. The second-order valence-corrected chi connectivity index (χ2v) is 6.87. The van der Waals surface area contributed by atoms with Crippen molar-refractivity contribution in [1.82, 2.24) is 4.90 Å². The first-order valence-corrected chi connectivity index (χ1v) is 8.57. The molecule has 0 heterocycles. The van der Waals surface area contributed by atoms with Crippen molar-refractivity contribution in [3.63, 3.8) is 0 Å². The van der Waals surface area contributed by atoms with Gasteiger partial charge in [-0.2, -0.15) is 0 Å². The molecule has 1 aliphatic rings. The van der Waals surface area contributed by atoms with E-state index in [0.717, 1.165) is 34.2 Å². The number of methoxy groups -OCH3 is 1. The number of hydrogen-bond donors (Lipinski definition) is 0. The quantitative estimate of drug-likeness (QED) is 0.802. The highest BCUT2D eigenvalue weighted by Crippen LogP contribution is 2.26. The van der Waals surface area contributed by atoms with Gasteiger partial charge >= 0.3 is 0 Å². The van der Waals surface area contributed by atoms with Crippen molar-refractivity contribution < 1.29 is 9.53 Å². The molecule has 0 bridgehead atoms. The van der Waals surface area contributed by atoms with Gasteiger partial charge in [-0.1, -0.05) is 22.0 Å². The van der Waals surface area contributed by atoms with Crippen molar-refractivity contribution in [3.8, 4) is 5.75 Å². The Labute approximate surface area is 145 Å². The van der Waals surface area contributed by atoms with E-state index in [-0.39, 0.29) is 5.91 Å². The number of carbonyl (C=O) groups excluding carboxylic acids is 1. The molecule has 120 valence electrons. The van der Waals surface area contributed by atoms with Crippen molar-refractivity contribution in [2.24, 2.45) is 0 Å². The number of fused-ring (bicyclic) bond motifs is 1. The zero-order valence-electron chi connectivity index (χ0n) is 13.4. The third kappa shape index (κ3) is 3.42. The van der Waals surface area contributed by atoms with Gasteiger partial charge in [0.15, 0.2) is 0 Å². The first-order chi connectivity index (χ1) is 11.1. The van der Waals surface area contributed by atoms with Crippen molar-refractivity contribution in [1.29, 1.82) is 0 Å². The molecule has 0 fully saturated rings. The first kappa shape index (κ1) is 16.1. The molecule has 0 aromatic heterocycles. The number of ether oxygens (including phenoxy) is 1. The van der Waals surface area contributed by atoms with Gasteiger partial charge in [-0.15, -0.1) is 0 Å². The summed E-state index contributed by atoms with van der Waals surface area (Å²) in [5.74, 6) is 0.837. The number of amides is 1. The summed E-state index contributed by atoms with van der Waals surface area (Å²) in [6, 6.07) is 11.9. The third-order valence-corrected chi connectivity index (χ3v) is 4.84. The fourth-order valence-corrected chi connectivity index (χ4v) is 3.53. The Kier molecular flexibility index (Phi) is 4.71. The normalized spacial score (nSPS) is 12.8. The molecule has 0 spiro atoms. The molecule has 23 heavy (non-hydrogen) atoms. The van der Waals surface area contributed by atoms with Crippen LogP contribution in [0.5, 0.6) is 5.75 Å². The summed E-state index contributed by atoms with van der Waals surface area (Å²) < 4.78 is 6.37. The molecule has 0 N–H and O–H groups in total. The Morgan fingerprint density at radius 3 is 2.74 bits per heavy atom. The number of aryl methyl sites for hydroxylation is 2. The summed E-state index contributed by atoms with van der Waals surface area (Å²) in [6.45, 7) is 0.512. The summed E-state index contributed by atoms with van der Waals surface area (Å²) in [7, 11) is 3.48. The van der Waals surface area contributed by atoms with E-state index >= 15 is 0 Å². The highest BCUT2D eigenvalue weighted by Gasteiger charge is 2.17. The van der Waals surface area contributed by atoms with E-state index < -0.39 is 0 Å². The van der Waals surface area contributed by atoms with Gasteiger partial charge in [0.25, 0.3) is 5.91 Å². The molecule has 0 aliphatic heterocycles. The van der Waals surface area contributed by atoms with Crippen LogP contribution in [0, 0.1) is 0 Å². The number of hydrogen-bond acceptors (Lipinski definition) is 2. The predicted molar refractivity (Wildman–Crippen MR) is 95.0 cm³/mol. The van der Waals surface area contributed by atoms with Gasteiger partial charge in [0.1, 0.15) is 5.75 Å². The smallest absolute Gasteiger partial charge is 0.253 e. The number of benzene rings is 2. The Balaban J connectivity index is 1.79. The van der Waals surface area contributed by atoms with Crippen molar-refractivity contribution in [3.05, 3.63) is 63.1 Å². The van der Waals surface area contributed by atoms with Gasteiger partial charge < -0.3 is 9.64 Å². The molecule has 2 aromatic rings. The van der Waals surface area contributed by atoms with E-state index in [1.54, 1.807) is 12.0 Å². The Bertz CT molecular complexity index is 742. The SMILES string of the molecule is COc1ccc(Br)cc1CN(C)C(=O)c1ccc2c(c1)CCC2.